The largest absolute Gasteiger partial charge is 0.376 e. The second-order valence-corrected chi connectivity index (χ2v) is 6.34. The predicted molar refractivity (Wildman–Crippen MR) is 117 cm³/mol. The molecule has 0 aliphatic heterocycles. The second kappa shape index (κ2) is 15.3. The molecule has 1 unspecified atom stereocenters. The summed E-state index contributed by atoms with van der Waals surface area (Å²) in [5.41, 5.74) is 1.55. The van der Waals surface area contributed by atoms with E-state index in [2.05, 4.69) is 37.5 Å². The zero-order valence-electron chi connectivity index (χ0n) is 16.9. The van der Waals surface area contributed by atoms with Crippen LogP contribution in [0.1, 0.15) is 74.4 Å². The molecule has 0 heterocycles. The lowest BCUT2D eigenvalue weighted by Gasteiger charge is -2.01. The minimum atomic E-state index is -0.631. The van der Waals surface area contributed by atoms with Crippen LogP contribution < -0.4 is 0 Å². The van der Waals surface area contributed by atoms with Crippen LogP contribution in [0.25, 0.3) is 0 Å². The molecule has 0 saturated carbocycles. The zero-order chi connectivity index (χ0) is 20.5. The maximum atomic E-state index is 11.4. The van der Waals surface area contributed by atoms with Gasteiger partial charge in [-0.1, -0.05) is 99.2 Å². The molecular weight excluding hydrogens is 344 g/mol. The fourth-order valence-corrected chi connectivity index (χ4v) is 2.22. The Bertz CT molecular complexity index is 786. The Labute approximate surface area is 170 Å². The topological polar surface area (TPSA) is 37.3 Å². The number of hydrogen-bond donors (Lipinski definition) is 1. The number of aliphatic hydroxyl groups is 1. The van der Waals surface area contributed by atoms with Crippen LogP contribution in [-0.4, -0.2) is 10.9 Å². The highest BCUT2D eigenvalue weighted by atomic mass is 16.3. The highest BCUT2D eigenvalue weighted by Gasteiger charge is 2.00. The highest BCUT2D eigenvalue weighted by molar-refractivity contribution is 6.08. The minimum Gasteiger partial charge on any atom is -0.376 e. The van der Waals surface area contributed by atoms with Gasteiger partial charge in [0, 0.05) is 18.4 Å². The Morgan fingerprint density at radius 1 is 0.857 bits per heavy atom. The number of rotatable bonds is 6. The van der Waals surface area contributed by atoms with E-state index in [4.69, 9.17) is 0 Å². The molecule has 0 aliphatic rings. The van der Waals surface area contributed by atoms with Crippen molar-refractivity contribution in [3.05, 3.63) is 71.8 Å². The lowest BCUT2D eigenvalue weighted by molar-refractivity contribution is 0.105. The van der Waals surface area contributed by atoms with E-state index in [0.29, 0.717) is 5.56 Å². The van der Waals surface area contributed by atoms with Crippen molar-refractivity contribution in [1.29, 1.82) is 0 Å². The molecule has 146 valence electrons. The Hall–Kier alpha value is -2.81. The van der Waals surface area contributed by atoms with Crippen molar-refractivity contribution in [3.8, 4) is 23.7 Å². The van der Waals surface area contributed by atoms with Crippen molar-refractivity contribution < 1.29 is 9.90 Å². The summed E-state index contributed by atoms with van der Waals surface area (Å²) < 4.78 is 0. The third-order valence-electron chi connectivity index (χ3n) is 3.90. The van der Waals surface area contributed by atoms with E-state index in [-0.39, 0.29) is 5.78 Å². The fourth-order valence-electron chi connectivity index (χ4n) is 2.22. The SMILES string of the molecule is CCCCC#CC(=O)c1ccccc1.CCCCC#CC(O)c1ccccc1. The summed E-state index contributed by atoms with van der Waals surface area (Å²) in [4.78, 5) is 11.4. The van der Waals surface area contributed by atoms with Crippen molar-refractivity contribution in [2.75, 3.05) is 0 Å². The van der Waals surface area contributed by atoms with Gasteiger partial charge in [-0.2, -0.15) is 0 Å². The molecule has 0 bridgehead atoms. The van der Waals surface area contributed by atoms with Crippen LogP contribution in [0, 0.1) is 23.7 Å². The van der Waals surface area contributed by atoms with E-state index in [0.717, 1.165) is 44.1 Å². The van der Waals surface area contributed by atoms with Crippen LogP contribution in [0.3, 0.4) is 0 Å². The molecule has 2 nitrogen and oxygen atoms in total. The molecule has 1 atom stereocenters. The van der Waals surface area contributed by atoms with E-state index >= 15 is 0 Å². The van der Waals surface area contributed by atoms with Crippen molar-refractivity contribution in [3.63, 3.8) is 0 Å². The maximum absolute atomic E-state index is 11.4. The van der Waals surface area contributed by atoms with Crippen molar-refractivity contribution in [1.82, 2.24) is 0 Å². The minimum absolute atomic E-state index is 0.0818. The van der Waals surface area contributed by atoms with Gasteiger partial charge >= 0.3 is 0 Å². The molecule has 2 aromatic carbocycles. The van der Waals surface area contributed by atoms with Gasteiger partial charge in [0.25, 0.3) is 0 Å². The van der Waals surface area contributed by atoms with E-state index in [1.807, 2.05) is 48.5 Å². The van der Waals surface area contributed by atoms with Gasteiger partial charge in [0.05, 0.1) is 0 Å². The summed E-state index contributed by atoms with van der Waals surface area (Å²) in [6.45, 7) is 4.25. The Kier molecular flexibility index (Phi) is 12.7. The smallest absolute Gasteiger partial charge is 0.235 e. The molecule has 28 heavy (non-hydrogen) atoms. The monoisotopic (exact) mass is 374 g/mol. The van der Waals surface area contributed by atoms with Gasteiger partial charge in [0.15, 0.2) is 0 Å². The number of ketones is 1. The van der Waals surface area contributed by atoms with E-state index in [9.17, 15) is 9.90 Å². The maximum Gasteiger partial charge on any atom is 0.235 e. The molecule has 1 N–H and O–H groups in total. The lowest BCUT2D eigenvalue weighted by Crippen LogP contribution is -1.93. The summed E-state index contributed by atoms with van der Waals surface area (Å²) in [5.74, 6) is 11.3. The first-order valence-corrected chi connectivity index (χ1v) is 9.98. The summed E-state index contributed by atoms with van der Waals surface area (Å²) in [5, 5.41) is 9.65. The fraction of sp³-hybridized carbons (Fsp3) is 0.346. The van der Waals surface area contributed by atoms with Crippen molar-refractivity contribution >= 4 is 5.78 Å². The molecule has 0 aromatic heterocycles. The van der Waals surface area contributed by atoms with Crippen molar-refractivity contribution in [2.45, 2.75) is 58.5 Å². The van der Waals surface area contributed by atoms with Crippen molar-refractivity contribution in [2.24, 2.45) is 0 Å². The first-order valence-electron chi connectivity index (χ1n) is 9.98. The molecule has 2 heteroatoms. The van der Waals surface area contributed by atoms with Gasteiger partial charge in [-0.3, -0.25) is 4.79 Å². The van der Waals surface area contributed by atoms with Crippen LogP contribution >= 0.6 is 0 Å². The summed E-state index contributed by atoms with van der Waals surface area (Å²) in [6.07, 6.45) is 5.50. The summed E-state index contributed by atoms with van der Waals surface area (Å²) >= 11 is 0. The molecular formula is C26H30O2. The standard InChI is InChI=1S/C13H16O.C13H14O/c2*1-2-3-4-8-11-13(14)12-9-6-5-7-10-12/h5-7,9-10,13-14H,2-4H2,1H3;5-7,9-10H,2-4H2,1H3. The quantitative estimate of drug-likeness (QED) is 0.292. The van der Waals surface area contributed by atoms with Gasteiger partial charge in [0.2, 0.25) is 5.78 Å². The molecule has 0 radical (unpaired) electrons. The molecule has 0 aliphatic carbocycles. The summed E-state index contributed by atoms with van der Waals surface area (Å²) in [6, 6.07) is 18.7. The van der Waals surface area contributed by atoms with Crippen LogP contribution in [0.2, 0.25) is 0 Å². The number of hydrogen-bond acceptors (Lipinski definition) is 2. The van der Waals surface area contributed by atoms with Gasteiger partial charge in [-0.05, 0) is 24.3 Å². The average Bonchev–Trinajstić information content (AvgIpc) is 2.76. The molecule has 2 aromatic rings. The van der Waals surface area contributed by atoms with Gasteiger partial charge < -0.3 is 5.11 Å². The average molecular weight is 375 g/mol. The van der Waals surface area contributed by atoms with E-state index in [1.165, 1.54) is 0 Å². The molecule has 2 rings (SSSR count). The molecule has 0 fully saturated rings. The number of carbonyl (C=O) groups excluding carboxylic acids is 1. The summed E-state index contributed by atoms with van der Waals surface area (Å²) in [7, 11) is 0. The van der Waals surface area contributed by atoms with E-state index < -0.39 is 6.10 Å². The van der Waals surface area contributed by atoms with Crippen LogP contribution in [0.5, 0.6) is 0 Å². The molecule has 0 amide bonds. The van der Waals surface area contributed by atoms with Gasteiger partial charge in [0.1, 0.15) is 6.10 Å². The Morgan fingerprint density at radius 3 is 1.96 bits per heavy atom. The Balaban J connectivity index is 0.000000280. The van der Waals surface area contributed by atoms with Gasteiger partial charge in [-0.25, -0.2) is 0 Å². The lowest BCUT2D eigenvalue weighted by atomic mass is 10.1. The second-order valence-electron chi connectivity index (χ2n) is 6.34. The number of benzene rings is 2. The number of carbonyl (C=O) groups is 1. The predicted octanol–water partition coefficient (Wildman–Crippen LogP) is 5.98. The third kappa shape index (κ3) is 10.4. The van der Waals surface area contributed by atoms with Crippen LogP contribution in [0.15, 0.2) is 60.7 Å². The van der Waals surface area contributed by atoms with Gasteiger partial charge in [-0.15, -0.1) is 5.92 Å². The number of aliphatic hydroxyl groups excluding tert-OH is 1. The van der Waals surface area contributed by atoms with Crippen LogP contribution in [-0.2, 0) is 0 Å². The van der Waals surface area contributed by atoms with Crippen LogP contribution in [0.4, 0.5) is 0 Å². The Morgan fingerprint density at radius 2 is 1.39 bits per heavy atom. The first kappa shape index (κ1) is 23.2. The molecule has 0 spiro atoms. The highest BCUT2D eigenvalue weighted by Crippen LogP contribution is 2.10. The number of Topliss-reactive ketones (excluding diaryl/α,β-unsaturated/α-hetero) is 1. The third-order valence-corrected chi connectivity index (χ3v) is 3.90. The molecule has 0 saturated heterocycles. The van der Waals surface area contributed by atoms with E-state index in [1.54, 1.807) is 12.1 Å². The first-order chi connectivity index (χ1) is 13.7. The normalized spacial score (nSPS) is 10.2. The number of unbranched alkanes of at least 4 members (excludes halogenated alkanes) is 4. The zero-order valence-corrected chi connectivity index (χ0v) is 16.9.